The summed E-state index contributed by atoms with van der Waals surface area (Å²) in [4.78, 5) is 0. The first-order valence-electron chi connectivity index (χ1n) is 5.24. The second kappa shape index (κ2) is 7.52. The quantitative estimate of drug-likeness (QED) is 0.836. The Bertz CT molecular complexity index is 281. The van der Waals surface area contributed by atoms with E-state index in [9.17, 15) is 0 Å². The normalized spacial score (nSPS) is 13.9. The summed E-state index contributed by atoms with van der Waals surface area (Å²) in [6.45, 7) is 2.00. The fraction of sp³-hybridized carbons (Fsp3) is 0.500. The zero-order valence-corrected chi connectivity index (χ0v) is 11.2. The van der Waals surface area contributed by atoms with Gasteiger partial charge in [-0.1, -0.05) is 6.07 Å². The molecule has 0 saturated carbocycles. The Morgan fingerprint density at radius 1 is 1.06 bits per heavy atom. The van der Waals surface area contributed by atoms with Gasteiger partial charge in [0.1, 0.15) is 16.0 Å². The maximum Gasteiger partial charge on any atom is 0.136 e. The van der Waals surface area contributed by atoms with Crippen LogP contribution in [0.4, 0.5) is 0 Å². The fourth-order valence-electron chi connectivity index (χ4n) is 1.32. The number of hydrogen-bond donors (Lipinski definition) is 0. The highest BCUT2D eigenvalue weighted by molar-refractivity contribution is 9.10. The molecule has 0 unspecified atom stereocenters. The van der Waals surface area contributed by atoms with Gasteiger partial charge in [-0.2, -0.15) is 0 Å². The van der Waals surface area contributed by atoms with Gasteiger partial charge in [-0.15, -0.1) is 0 Å². The Hall–Kier alpha value is -0.740. The van der Waals surface area contributed by atoms with Gasteiger partial charge in [0.15, 0.2) is 0 Å². The van der Waals surface area contributed by atoms with Crippen LogP contribution in [0.3, 0.4) is 0 Å². The Morgan fingerprint density at radius 3 is 1.88 bits per heavy atom. The molecule has 0 aliphatic carbocycles. The first kappa shape index (κ1) is 13.3. The van der Waals surface area contributed by atoms with Crippen LogP contribution in [0.5, 0.6) is 11.5 Å². The molecule has 0 N–H and O–H groups in total. The smallest absolute Gasteiger partial charge is 0.136 e. The molecule has 0 atom stereocenters. The molecule has 0 spiro atoms. The molecule has 0 aromatic heterocycles. The third-order valence-electron chi connectivity index (χ3n) is 2.20. The molecule has 4 heteroatoms. The third kappa shape index (κ3) is 4.02. The summed E-state index contributed by atoms with van der Waals surface area (Å²) in [6.07, 6.45) is 2.56. The van der Waals surface area contributed by atoms with Crippen LogP contribution < -0.4 is 9.47 Å². The first-order chi connectivity index (χ1) is 7.79. The van der Waals surface area contributed by atoms with Crippen molar-refractivity contribution in [2.45, 2.75) is 12.8 Å². The molecule has 1 aliphatic heterocycles. The summed E-state index contributed by atoms with van der Waals surface area (Å²) < 4.78 is 15.9. The minimum atomic E-state index is 0.782. The number of benzene rings is 1. The SMILES string of the molecule is C1CCOC1.COc1cccc(OC)c1Br. The molecule has 1 fully saturated rings. The van der Waals surface area contributed by atoms with Crippen molar-refractivity contribution < 1.29 is 14.2 Å². The summed E-state index contributed by atoms with van der Waals surface area (Å²) in [5.41, 5.74) is 0. The molecule has 3 nitrogen and oxygen atoms in total. The number of ether oxygens (including phenoxy) is 3. The van der Waals surface area contributed by atoms with Gasteiger partial charge in [0.2, 0.25) is 0 Å². The lowest BCUT2D eigenvalue weighted by Crippen LogP contribution is -1.88. The van der Waals surface area contributed by atoms with E-state index in [-0.39, 0.29) is 0 Å². The van der Waals surface area contributed by atoms with Crippen molar-refractivity contribution >= 4 is 15.9 Å². The number of halogens is 1. The summed E-state index contributed by atoms with van der Waals surface area (Å²) in [5, 5.41) is 0. The summed E-state index contributed by atoms with van der Waals surface area (Å²) in [7, 11) is 3.25. The molecule has 0 amide bonds. The van der Waals surface area contributed by atoms with E-state index < -0.39 is 0 Å². The lowest BCUT2D eigenvalue weighted by atomic mass is 10.3. The van der Waals surface area contributed by atoms with E-state index in [4.69, 9.17) is 14.2 Å². The molecule has 1 aliphatic rings. The third-order valence-corrected chi connectivity index (χ3v) is 2.98. The number of rotatable bonds is 2. The molecular formula is C12H17BrO3. The van der Waals surface area contributed by atoms with Crippen LogP contribution >= 0.6 is 15.9 Å². The Morgan fingerprint density at radius 2 is 1.56 bits per heavy atom. The van der Waals surface area contributed by atoms with Crippen LogP contribution in [-0.4, -0.2) is 27.4 Å². The molecule has 1 aromatic rings. The highest BCUT2D eigenvalue weighted by Gasteiger charge is 2.04. The molecule has 2 rings (SSSR count). The maximum atomic E-state index is 5.06. The van der Waals surface area contributed by atoms with Crippen LogP contribution in [0.15, 0.2) is 22.7 Å². The van der Waals surface area contributed by atoms with E-state index in [1.165, 1.54) is 12.8 Å². The summed E-state index contributed by atoms with van der Waals surface area (Å²) in [6, 6.07) is 5.61. The Balaban J connectivity index is 0.000000212. The van der Waals surface area contributed by atoms with Crippen molar-refractivity contribution in [3.05, 3.63) is 22.7 Å². The molecule has 90 valence electrons. The van der Waals surface area contributed by atoms with E-state index in [0.29, 0.717) is 0 Å². The molecule has 0 bridgehead atoms. The van der Waals surface area contributed by atoms with Crippen molar-refractivity contribution in [3.8, 4) is 11.5 Å². The average molecular weight is 289 g/mol. The lowest BCUT2D eigenvalue weighted by molar-refractivity contribution is 0.198. The first-order valence-corrected chi connectivity index (χ1v) is 6.03. The van der Waals surface area contributed by atoms with Gasteiger partial charge in [0, 0.05) is 13.2 Å². The largest absolute Gasteiger partial charge is 0.495 e. The highest BCUT2D eigenvalue weighted by atomic mass is 79.9. The standard InChI is InChI=1S/C8H9BrO2.C4H8O/c1-10-6-4-3-5-7(11-2)8(6)9;1-2-4-5-3-1/h3-5H,1-2H3;1-4H2. The van der Waals surface area contributed by atoms with Crippen molar-refractivity contribution in [2.24, 2.45) is 0 Å². The van der Waals surface area contributed by atoms with Gasteiger partial charge < -0.3 is 14.2 Å². The van der Waals surface area contributed by atoms with Crippen LogP contribution in [0.2, 0.25) is 0 Å². The van der Waals surface area contributed by atoms with Gasteiger partial charge in [-0.25, -0.2) is 0 Å². The van der Waals surface area contributed by atoms with Crippen LogP contribution in [-0.2, 0) is 4.74 Å². The van der Waals surface area contributed by atoms with E-state index in [1.807, 2.05) is 18.2 Å². The fourth-order valence-corrected chi connectivity index (χ4v) is 1.90. The Kier molecular flexibility index (Phi) is 6.26. The molecule has 1 aromatic carbocycles. The van der Waals surface area contributed by atoms with Crippen LogP contribution in [0.1, 0.15) is 12.8 Å². The van der Waals surface area contributed by atoms with E-state index in [0.717, 1.165) is 29.2 Å². The van der Waals surface area contributed by atoms with Crippen LogP contribution in [0, 0.1) is 0 Å². The van der Waals surface area contributed by atoms with Crippen molar-refractivity contribution in [1.82, 2.24) is 0 Å². The monoisotopic (exact) mass is 288 g/mol. The average Bonchev–Trinajstić information content (AvgIpc) is 2.88. The van der Waals surface area contributed by atoms with Gasteiger partial charge in [0.05, 0.1) is 14.2 Å². The van der Waals surface area contributed by atoms with Gasteiger partial charge in [0.25, 0.3) is 0 Å². The van der Waals surface area contributed by atoms with Crippen molar-refractivity contribution in [2.75, 3.05) is 27.4 Å². The maximum absolute atomic E-state index is 5.06. The number of hydrogen-bond acceptors (Lipinski definition) is 3. The minimum absolute atomic E-state index is 0.782. The van der Waals surface area contributed by atoms with Crippen molar-refractivity contribution in [3.63, 3.8) is 0 Å². The minimum Gasteiger partial charge on any atom is -0.495 e. The topological polar surface area (TPSA) is 27.7 Å². The highest BCUT2D eigenvalue weighted by Crippen LogP contribution is 2.33. The lowest BCUT2D eigenvalue weighted by Gasteiger charge is -2.06. The molecule has 1 heterocycles. The molecular weight excluding hydrogens is 272 g/mol. The van der Waals surface area contributed by atoms with Gasteiger partial charge in [-0.05, 0) is 40.9 Å². The molecule has 0 radical (unpaired) electrons. The molecule has 16 heavy (non-hydrogen) atoms. The predicted molar refractivity (Wildman–Crippen MR) is 67.3 cm³/mol. The zero-order valence-electron chi connectivity index (χ0n) is 9.66. The Labute approximate surface area is 105 Å². The van der Waals surface area contributed by atoms with E-state index in [1.54, 1.807) is 14.2 Å². The van der Waals surface area contributed by atoms with E-state index >= 15 is 0 Å². The second-order valence-corrected chi connectivity index (χ2v) is 4.09. The van der Waals surface area contributed by atoms with Gasteiger partial charge in [-0.3, -0.25) is 0 Å². The summed E-state index contributed by atoms with van der Waals surface area (Å²) in [5.74, 6) is 1.56. The predicted octanol–water partition coefficient (Wildman–Crippen LogP) is 3.26. The summed E-state index contributed by atoms with van der Waals surface area (Å²) >= 11 is 3.35. The number of methoxy groups -OCH3 is 2. The zero-order chi connectivity index (χ0) is 11.8. The van der Waals surface area contributed by atoms with Crippen LogP contribution in [0.25, 0.3) is 0 Å². The van der Waals surface area contributed by atoms with Crippen molar-refractivity contribution in [1.29, 1.82) is 0 Å². The van der Waals surface area contributed by atoms with E-state index in [2.05, 4.69) is 15.9 Å². The molecule has 1 saturated heterocycles. The van der Waals surface area contributed by atoms with Gasteiger partial charge >= 0.3 is 0 Å². The second-order valence-electron chi connectivity index (χ2n) is 3.30.